The van der Waals surface area contributed by atoms with E-state index in [2.05, 4.69) is 18.6 Å². The van der Waals surface area contributed by atoms with E-state index in [1.54, 1.807) is 18.2 Å². The van der Waals surface area contributed by atoms with Crippen molar-refractivity contribution in [3.63, 3.8) is 0 Å². The molecule has 2 bridgehead atoms. The van der Waals surface area contributed by atoms with E-state index in [-0.39, 0.29) is 25.9 Å². The number of ether oxygens (including phenoxy) is 3. The van der Waals surface area contributed by atoms with Gasteiger partial charge in [0.2, 0.25) is 6.29 Å². The highest BCUT2D eigenvalue weighted by atomic mass is 16.7. The predicted molar refractivity (Wildman–Crippen MR) is 147 cm³/mol. The van der Waals surface area contributed by atoms with E-state index in [1.165, 1.54) is 0 Å². The summed E-state index contributed by atoms with van der Waals surface area (Å²) in [5, 5.41) is 66.1. The van der Waals surface area contributed by atoms with Crippen LogP contribution in [-0.4, -0.2) is 85.3 Å². The van der Waals surface area contributed by atoms with Gasteiger partial charge in [-0.15, -0.1) is 6.58 Å². The molecule has 1 saturated heterocycles. The zero-order chi connectivity index (χ0) is 28.8. The minimum atomic E-state index is -2.10. The Morgan fingerprint density at radius 2 is 1.80 bits per heavy atom. The SMILES string of the molecule is C=CCc1ccc(O[C@H]2O[C@H]3[C@@H](O)[C@H](O)[C@]2(O)C[C@H](CCC2(O)CCCC2)[C@@H](O)CC#CO[C@@H]3CCCO)cc1. The van der Waals surface area contributed by atoms with Crippen LogP contribution in [0.5, 0.6) is 5.75 Å². The zero-order valence-corrected chi connectivity index (χ0v) is 23.0. The van der Waals surface area contributed by atoms with Gasteiger partial charge in [-0.25, -0.2) is 0 Å². The standard InChI is InChI=1S/C31H44O9/c1-2-7-21-10-12-23(13-11-21)39-29-31(37)20-22(14-17-30(36)15-3-4-16-30)24(33)8-6-19-38-25(9-5-18-32)27(40-29)26(34)28(31)35/h2,10-13,22,24-29,32-37H,1,3-5,7-9,14-18,20H2/t22-,24-,25+,26+,27+,28-,29-,31+/m0/s1. The summed E-state index contributed by atoms with van der Waals surface area (Å²) in [4.78, 5) is 0. The van der Waals surface area contributed by atoms with Crippen molar-refractivity contribution in [1.29, 1.82) is 0 Å². The van der Waals surface area contributed by atoms with E-state index in [9.17, 15) is 30.6 Å². The third-order valence-electron chi connectivity index (χ3n) is 8.66. The van der Waals surface area contributed by atoms with Gasteiger partial charge < -0.3 is 44.8 Å². The van der Waals surface area contributed by atoms with Gasteiger partial charge in [-0.2, -0.15) is 0 Å². The number of hydrogen-bond acceptors (Lipinski definition) is 9. The maximum Gasteiger partial charge on any atom is 0.232 e. The first-order valence-corrected chi connectivity index (χ1v) is 14.4. The number of aliphatic hydroxyl groups is 6. The fraction of sp³-hybridized carbons (Fsp3) is 0.677. The molecule has 1 saturated carbocycles. The highest BCUT2D eigenvalue weighted by Crippen LogP contribution is 2.42. The van der Waals surface area contributed by atoms with Crippen LogP contribution in [0, 0.1) is 17.9 Å². The summed E-state index contributed by atoms with van der Waals surface area (Å²) in [6, 6.07) is 7.17. The Morgan fingerprint density at radius 1 is 1.07 bits per heavy atom. The molecule has 0 amide bonds. The topological polar surface area (TPSA) is 149 Å². The average Bonchev–Trinajstić information content (AvgIpc) is 3.38. The zero-order valence-electron chi connectivity index (χ0n) is 23.0. The molecule has 8 atom stereocenters. The predicted octanol–water partition coefficient (Wildman–Crippen LogP) is 1.95. The second-order valence-electron chi connectivity index (χ2n) is 11.6. The van der Waals surface area contributed by atoms with Gasteiger partial charge in [0, 0.05) is 13.0 Å². The van der Waals surface area contributed by atoms with Crippen LogP contribution >= 0.6 is 0 Å². The number of rotatable bonds is 10. The number of hydrogen-bond donors (Lipinski definition) is 6. The van der Waals surface area contributed by atoms with E-state index in [0.29, 0.717) is 44.3 Å². The van der Waals surface area contributed by atoms with E-state index >= 15 is 0 Å². The van der Waals surface area contributed by atoms with Crippen LogP contribution in [0.4, 0.5) is 0 Å². The second kappa shape index (κ2) is 13.7. The Hall–Kier alpha value is -2.16. The molecule has 1 aromatic carbocycles. The van der Waals surface area contributed by atoms with Crippen molar-refractivity contribution in [2.24, 2.45) is 5.92 Å². The quantitative estimate of drug-likeness (QED) is 0.187. The number of fused-ring (bicyclic) bond motifs is 8. The van der Waals surface area contributed by atoms with Crippen molar-refractivity contribution in [1.82, 2.24) is 0 Å². The molecule has 3 heterocycles. The van der Waals surface area contributed by atoms with Gasteiger partial charge in [0.15, 0.2) is 5.60 Å². The molecule has 0 radical (unpaired) electrons. The summed E-state index contributed by atoms with van der Waals surface area (Å²) in [7, 11) is 0. The van der Waals surface area contributed by atoms with Crippen LogP contribution in [-0.2, 0) is 15.9 Å². The summed E-state index contributed by atoms with van der Waals surface area (Å²) in [6.45, 7) is 3.63. The molecular weight excluding hydrogens is 516 g/mol. The summed E-state index contributed by atoms with van der Waals surface area (Å²) in [5.74, 6) is 2.62. The van der Waals surface area contributed by atoms with Gasteiger partial charge in [-0.1, -0.05) is 37.0 Å². The molecule has 5 rings (SSSR count). The van der Waals surface area contributed by atoms with Gasteiger partial charge in [-0.05, 0) is 75.0 Å². The molecule has 4 aliphatic rings. The number of aliphatic hydroxyl groups excluding tert-OH is 4. The number of allylic oxidation sites excluding steroid dienone is 1. The molecule has 222 valence electrons. The van der Waals surface area contributed by atoms with Crippen LogP contribution in [0.15, 0.2) is 36.9 Å². The van der Waals surface area contributed by atoms with Crippen LogP contribution in [0.3, 0.4) is 0 Å². The Labute approximate surface area is 236 Å². The fourth-order valence-corrected chi connectivity index (χ4v) is 6.21. The molecular formula is C31H44O9. The first-order chi connectivity index (χ1) is 19.2. The summed E-state index contributed by atoms with van der Waals surface area (Å²) in [6.07, 6.45) is 2.01. The maximum absolute atomic E-state index is 12.0. The van der Waals surface area contributed by atoms with Crippen LogP contribution in [0.1, 0.15) is 69.8 Å². The average molecular weight is 561 g/mol. The Morgan fingerprint density at radius 3 is 2.48 bits per heavy atom. The highest BCUT2D eigenvalue weighted by Gasteiger charge is 2.59. The number of benzene rings is 1. The van der Waals surface area contributed by atoms with Crippen LogP contribution in [0.25, 0.3) is 0 Å². The van der Waals surface area contributed by atoms with E-state index < -0.39 is 53.9 Å². The molecule has 1 aromatic rings. The Kier molecular flexibility index (Phi) is 10.5. The smallest absolute Gasteiger partial charge is 0.232 e. The van der Waals surface area contributed by atoms with Crippen molar-refractivity contribution < 1.29 is 44.8 Å². The van der Waals surface area contributed by atoms with Crippen molar-refractivity contribution in [2.45, 2.75) is 119 Å². The van der Waals surface area contributed by atoms with Crippen LogP contribution in [0.2, 0.25) is 0 Å². The first kappa shape index (κ1) is 30.8. The minimum Gasteiger partial charge on any atom is -0.462 e. The largest absolute Gasteiger partial charge is 0.462 e. The molecule has 1 aliphatic carbocycles. The van der Waals surface area contributed by atoms with Crippen molar-refractivity contribution in [3.8, 4) is 17.8 Å². The lowest BCUT2D eigenvalue weighted by atomic mass is 9.74. The monoisotopic (exact) mass is 560 g/mol. The van der Waals surface area contributed by atoms with E-state index in [1.807, 2.05) is 12.1 Å². The maximum atomic E-state index is 12.0. The molecule has 2 fully saturated rings. The molecule has 0 spiro atoms. The lowest BCUT2D eigenvalue weighted by Crippen LogP contribution is -2.70. The highest BCUT2D eigenvalue weighted by molar-refractivity contribution is 5.29. The Balaban J connectivity index is 1.67. The molecule has 0 unspecified atom stereocenters. The molecule has 9 heteroatoms. The van der Waals surface area contributed by atoms with E-state index in [4.69, 9.17) is 14.2 Å². The summed E-state index contributed by atoms with van der Waals surface area (Å²) >= 11 is 0. The minimum absolute atomic E-state index is 0.0619. The summed E-state index contributed by atoms with van der Waals surface area (Å²) < 4.78 is 18.0. The van der Waals surface area contributed by atoms with Gasteiger partial charge in [0.05, 0.1) is 11.7 Å². The molecule has 6 N–H and O–H groups in total. The van der Waals surface area contributed by atoms with Crippen molar-refractivity contribution >= 4 is 0 Å². The lowest BCUT2D eigenvalue weighted by molar-refractivity contribution is -0.333. The Bertz CT molecular complexity index is 1010. The van der Waals surface area contributed by atoms with Crippen molar-refractivity contribution in [2.75, 3.05) is 6.61 Å². The van der Waals surface area contributed by atoms with E-state index in [0.717, 1.165) is 18.4 Å². The molecule has 9 nitrogen and oxygen atoms in total. The third kappa shape index (κ3) is 7.18. The fourth-order valence-electron chi connectivity index (χ4n) is 6.21. The van der Waals surface area contributed by atoms with Gasteiger partial charge in [-0.3, -0.25) is 0 Å². The lowest BCUT2D eigenvalue weighted by Gasteiger charge is -2.50. The normalized spacial score (nSPS) is 35.5. The third-order valence-corrected chi connectivity index (χ3v) is 8.66. The van der Waals surface area contributed by atoms with Gasteiger partial charge >= 0.3 is 0 Å². The molecule has 0 aromatic heterocycles. The van der Waals surface area contributed by atoms with Crippen molar-refractivity contribution in [3.05, 3.63) is 42.5 Å². The molecule has 40 heavy (non-hydrogen) atoms. The second-order valence-corrected chi connectivity index (χ2v) is 11.6. The van der Waals surface area contributed by atoms with Gasteiger partial charge in [0.1, 0.15) is 36.3 Å². The van der Waals surface area contributed by atoms with Gasteiger partial charge in [0.25, 0.3) is 0 Å². The first-order valence-electron chi connectivity index (χ1n) is 14.4. The van der Waals surface area contributed by atoms with Crippen LogP contribution < -0.4 is 4.74 Å². The summed E-state index contributed by atoms with van der Waals surface area (Å²) in [5.41, 5.74) is -1.91. The molecule has 3 aliphatic heterocycles.